The molecule has 0 unspecified atom stereocenters. The Morgan fingerprint density at radius 1 is 1.13 bits per heavy atom. The molecule has 0 aliphatic heterocycles. The van der Waals surface area contributed by atoms with Gasteiger partial charge in [0.2, 0.25) is 5.91 Å². The second-order valence-corrected chi connectivity index (χ2v) is 9.18. The molecule has 2 atom stereocenters. The minimum atomic E-state index is -0.553. The van der Waals surface area contributed by atoms with Crippen molar-refractivity contribution in [3.05, 3.63) is 53.9 Å². The van der Waals surface area contributed by atoms with Crippen molar-refractivity contribution in [2.24, 2.45) is 22.6 Å². The minimum Gasteiger partial charge on any atom is -0.379 e. The number of nitrogens with zero attached hydrogens (tertiary/aromatic N) is 2. The molecule has 7 N–H and O–H groups in total. The maximum Gasteiger partial charge on any atom is 0.252 e. The van der Waals surface area contributed by atoms with Gasteiger partial charge >= 0.3 is 0 Å². The number of nitrogens with one attached hydrogen (secondary N) is 1. The average molecular weight is 421 g/mol. The van der Waals surface area contributed by atoms with E-state index in [2.05, 4.69) is 31.2 Å². The lowest BCUT2D eigenvalue weighted by Crippen LogP contribution is -2.51. The first-order valence-corrected chi connectivity index (χ1v) is 10.3. The van der Waals surface area contributed by atoms with E-state index in [0.29, 0.717) is 16.8 Å². The number of primary amides is 2. The van der Waals surface area contributed by atoms with Crippen LogP contribution in [0.1, 0.15) is 54.3 Å². The van der Waals surface area contributed by atoms with Crippen LogP contribution < -0.4 is 22.5 Å². The van der Waals surface area contributed by atoms with Gasteiger partial charge in [-0.05, 0) is 43.5 Å². The van der Waals surface area contributed by atoms with Crippen LogP contribution in [-0.4, -0.2) is 33.0 Å². The molecule has 0 radical (unpaired) electrons. The van der Waals surface area contributed by atoms with Crippen LogP contribution in [0.15, 0.2) is 42.7 Å². The Hall–Kier alpha value is -3.39. The zero-order chi connectivity index (χ0) is 22.6. The van der Waals surface area contributed by atoms with E-state index in [0.717, 1.165) is 29.5 Å². The molecule has 1 aromatic carbocycles. The summed E-state index contributed by atoms with van der Waals surface area (Å²) in [6, 6.07) is 9.06. The largest absolute Gasteiger partial charge is 0.379 e. The third-order valence-corrected chi connectivity index (χ3v) is 7.00. The molecule has 2 aromatic heterocycles. The van der Waals surface area contributed by atoms with Crippen molar-refractivity contribution in [3.63, 3.8) is 0 Å². The Balaban J connectivity index is 1.82. The number of fused-ring (bicyclic) bond motifs is 1. The lowest BCUT2D eigenvalue weighted by Gasteiger charge is -2.39. The van der Waals surface area contributed by atoms with Gasteiger partial charge < -0.3 is 22.5 Å². The third-order valence-electron chi connectivity index (χ3n) is 7.00. The third kappa shape index (κ3) is 3.42. The fourth-order valence-electron chi connectivity index (χ4n) is 4.36. The lowest BCUT2D eigenvalue weighted by atomic mass is 9.75. The predicted octanol–water partition coefficient (Wildman–Crippen LogP) is 2.52. The van der Waals surface area contributed by atoms with Crippen molar-refractivity contribution in [3.8, 4) is 11.1 Å². The van der Waals surface area contributed by atoms with Gasteiger partial charge in [-0.1, -0.05) is 26.0 Å². The summed E-state index contributed by atoms with van der Waals surface area (Å²) >= 11 is 0. The minimum absolute atomic E-state index is 0.0586. The van der Waals surface area contributed by atoms with Gasteiger partial charge in [-0.3, -0.25) is 9.59 Å². The molecule has 1 aliphatic rings. The molecular weight excluding hydrogens is 392 g/mol. The normalized spacial score (nSPS) is 22.5. The monoisotopic (exact) mass is 420 g/mol. The van der Waals surface area contributed by atoms with E-state index in [1.165, 1.54) is 6.20 Å². The number of hydrogen-bond acceptors (Lipinski definition) is 5. The molecule has 31 heavy (non-hydrogen) atoms. The number of carbonyl (C=O) groups is 2. The molecule has 3 aromatic rings. The van der Waals surface area contributed by atoms with Crippen LogP contribution in [0, 0.1) is 5.41 Å². The van der Waals surface area contributed by atoms with Crippen molar-refractivity contribution in [1.29, 1.82) is 0 Å². The first kappa shape index (κ1) is 20.9. The fraction of sp³-hybridized carbons (Fsp3) is 0.348. The highest BCUT2D eigenvalue weighted by Crippen LogP contribution is 2.46. The predicted molar refractivity (Wildman–Crippen MR) is 121 cm³/mol. The van der Waals surface area contributed by atoms with E-state index in [1.807, 2.05) is 18.3 Å². The van der Waals surface area contributed by atoms with Crippen LogP contribution in [0.5, 0.6) is 0 Å². The van der Waals surface area contributed by atoms with Gasteiger partial charge in [0, 0.05) is 34.3 Å². The molecular formula is C23H28N6O2. The van der Waals surface area contributed by atoms with Gasteiger partial charge in [0.25, 0.3) is 5.91 Å². The topological polar surface area (TPSA) is 142 Å². The van der Waals surface area contributed by atoms with Gasteiger partial charge in [-0.15, -0.1) is 0 Å². The quantitative estimate of drug-likeness (QED) is 0.502. The van der Waals surface area contributed by atoms with E-state index in [9.17, 15) is 9.59 Å². The summed E-state index contributed by atoms with van der Waals surface area (Å²) < 4.78 is 1.70. The zero-order valence-electron chi connectivity index (χ0n) is 18.0. The maximum atomic E-state index is 12.2. The van der Waals surface area contributed by atoms with Gasteiger partial charge in [-0.2, -0.15) is 5.10 Å². The summed E-state index contributed by atoms with van der Waals surface area (Å²) in [5, 5.41) is 7.92. The van der Waals surface area contributed by atoms with E-state index in [4.69, 9.17) is 17.2 Å². The molecule has 0 saturated heterocycles. The highest BCUT2D eigenvalue weighted by atomic mass is 16.1. The summed E-state index contributed by atoms with van der Waals surface area (Å²) in [7, 11) is 0. The van der Waals surface area contributed by atoms with Gasteiger partial charge in [0.15, 0.2) is 0 Å². The van der Waals surface area contributed by atoms with E-state index in [-0.39, 0.29) is 17.0 Å². The average Bonchev–Trinajstić information content (AvgIpc) is 3.22. The summed E-state index contributed by atoms with van der Waals surface area (Å²) in [6.45, 7) is 6.34. The fourth-order valence-corrected chi connectivity index (χ4v) is 4.36. The van der Waals surface area contributed by atoms with Crippen molar-refractivity contribution in [2.45, 2.75) is 45.2 Å². The Kier molecular flexibility index (Phi) is 4.77. The van der Waals surface area contributed by atoms with E-state index in [1.54, 1.807) is 22.7 Å². The number of carbonyl (C=O) groups excluding carboxylic acids is 2. The molecule has 1 fully saturated rings. The second-order valence-electron chi connectivity index (χ2n) is 9.18. The summed E-state index contributed by atoms with van der Waals surface area (Å²) in [5.41, 5.74) is 20.9. The Labute approximate surface area is 180 Å². The van der Waals surface area contributed by atoms with Crippen LogP contribution in [-0.2, 0) is 0 Å². The Morgan fingerprint density at radius 2 is 1.87 bits per heavy atom. The van der Waals surface area contributed by atoms with E-state index < -0.39 is 11.8 Å². The number of rotatable bonds is 5. The SMILES string of the molecule is CC1(C)[C@H](Nc2c(C(N)=O)cnn3cc(-c4cccc(C(N)=O)c4)cc23)CC[C@]1(C)N. The summed E-state index contributed by atoms with van der Waals surface area (Å²) in [5.74, 6) is -1.04. The lowest BCUT2D eigenvalue weighted by molar-refractivity contribution is 0.0992. The highest BCUT2D eigenvalue weighted by molar-refractivity contribution is 6.02. The molecule has 1 saturated carbocycles. The van der Waals surface area contributed by atoms with E-state index >= 15 is 0 Å². The molecule has 8 heteroatoms. The van der Waals surface area contributed by atoms with Crippen LogP contribution >= 0.6 is 0 Å². The molecule has 0 bridgehead atoms. The smallest absolute Gasteiger partial charge is 0.252 e. The number of hydrogen-bond donors (Lipinski definition) is 4. The molecule has 162 valence electrons. The first-order chi connectivity index (χ1) is 14.5. The first-order valence-electron chi connectivity index (χ1n) is 10.3. The number of nitrogens with two attached hydrogens (primary N) is 3. The maximum absolute atomic E-state index is 12.2. The van der Waals surface area contributed by atoms with Crippen LogP contribution in [0.3, 0.4) is 0 Å². The van der Waals surface area contributed by atoms with Gasteiger partial charge in [0.05, 0.1) is 23.0 Å². The molecule has 8 nitrogen and oxygen atoms in total. The number of aromatic nitrogens is 2. The summed E-state index contributed by atoms with van der Waals surface area (Å²) in [6.07, 6.45) is 5.07. The number of anilines is 1. The van der Waals surface area contributed by atoms with Crippen LogP contribution in [0.4, 0.5) is 5.69 Å². The Bertz CT molecular complexity index is 1190. The molecule has 1 aliphatic carbocycles. The van der Waals surface area contributed by atoms with Crippen molar-refractivity contribution in [2.75, 3.05) is 5.32 Å². The molecule has 4 rings (SSSR count). The van der Waals surface area contributed by atoms with Gasteiger partial charge in [-0.25, -0.2) is 4.52 Å². The summed E-state index contributed by atoms with van der Waals surface area (Å²) in [4.78, 5) is 23.8. The zero-order valence-corrected chi connectivity index (χ0v) is 18.0. The highest BCUT2D eigenvalue weighted by Gasteiger charge is 2.49. The molecule has 0 spiro atoms. The van der Waals surface area contributed by atoms with Crippen molar-refractivity contribution < 1.29 is 9.59 Å². The van der Waals surface area contributed by atoms with Gasteiger partial charge in [0.1, 0.15) is 0 Å². The molecule has 2 amide bonds. The van der Waals surface area contributed by atoms with Crippen LogP contribution in [0.2, 0.25) is 0 Å². The second kappa shape index (κ2) is 7.09. The number of benzene rings is 1. The van der Waals surface area contributed by atoms with Crippen LogP contribution in [0.25, 0.3) is 16.6 Å². The standard InChI is InChI=1S/C23H28N6O2/c1-22(2)18(7-8-23(22,3)26)28-19-16(21(25)31)11-27-29-12-15(10-17(19)29)13-5-4-6-14(9-13)20(24)30/h4-6,9-12,18,28H,7-8,26H2,1-3H3,(H2,24,30)(H2,25,31)/t18-,23+/m1/s1. The van der Waals surface area contributed by atoms with Crippen molar-refractivity contribution >= 4 is 23.0 Å². The molecule has 2 heterocycles. The number of amides is 2. The van der Waals surface area contributed by atoms with Crippen molar-refractivity contribution in [1.82, 2.24) is 9.61 Å². The Morgan fingerprint density at radius 3 is 2.48 bits per heavy atom.